The molecule has 0 fully saturated rings. The molecular weight excluding hydrogens is 232 g/mol. The summed E-state index contributed by atoms with van der Waals surface area (Å²) in [5.41, 5.74) is 2.61. The van der Waals surface area contributed by atoms with Gasteiger partial charge in [-0.3, -0.25) is 4.79 Å². The van der Waals surface area contributed by atoms with Gasteiger partial charge in [-0.25, -0.2) is 0 Å². The van der Waals surface area contributed by atoms with E-state index in [2.05, 4.69) is 10.6 Å². The van der Waals surface area contributed by atoms with Gasteiger partial charge in [0.15, 0.2) is 10.9 Å². The molecule has 2 N–H and O–H groups in total. The second-order valence-electron chi connectivity index (χ2n) is 4.04. The molecule has 17 heavy (non-hydrogen) atoms. The van der Waals surface area contributed by atoms with Crippen molar-refractivity contribution < 1.29 is 4.79 Å². The zero-order valence-electron chi connectivity index (χ0n) is 9.78. The van der Waals surface area contributed by atoms with E-state index in [4.69, 9.17) is 12.2 Å². The Hall–Kier alpha value is -1.68. The molecule has 0 bridgehead atoms. The molecule has 1 aliphatic rings. The molecule has 88 valence electrons. The number of nitrogens with one attached hydrogen (secondary N) is 2. The van der Waals surface area contributed by atoms with E-state index in [1.165, 1.54) is 0 Å². The fourth-order valence-electron chi connectivity index (χ4n) is 2.06. The van der Waals surface area contributed by atoms with Crippen molar-refractivity contribution in [1.29, 1.82) is 0 Å². The van der Waals surface area contributed by atoms with Crippen molar-refractivity contribution in [3.63, 3.8) is 0 Å². The van der Waals surface area contributed by atoms with E-state index in [-0.39, 0.29) is 11.8 Å². The summed E-state index contributed by atoms with van der Waals surface area (Å²) >= 11 is 5.13. The van der Waals surface area contributed by atoms with Gasteiger partial charge in [0.1, 0.15) is 0 Å². The third-order valence-electron chi connectivity index (χ3n) is 2.78. The molecule has 2 rings (SSSR count). The summed E-state index contributed by atoms with van der Waals surface area (Å²) in [5.74, 6) is 0.0545. The summed E-state index contributed by atoms with van der Waals surface area (Å²) in [7, 11) is 0. The predicted molar refractivity (Wildman–Crippen MR) is 71.4 cm³/mol. The number of Topliss-reactive ketones (excluding diaryl/α,β-unsaturated/α-hetero) is 1. The van der Waals surface area contributed by atoms with E-state index < -0.39 is 0 Å². The number of hydrogen-bond donors (Lipinski definition) is 2. The number of rotatable bonds is 2. The van der Waals surface area contributed by atoms with Crippen LogP contribution in [0.4, 0.5) is 0 Å². The highest BCUT2D eigenvalue weighted by Crippen LogP contribution is 2.26. The van der Waals surface area contributed by atoms with E-state index in [1.54, 1.807) is 6.92 Å². The highest BCUT2D eigenvalue weighted by atomic mass is 32.1. The Labute approximate surface area is 106 Å². The minimum absolute atomic E-state index is 0.0545. The molecule has 3 nitrogen and oxygen atoms in total. The maximum atomic E-state index is 11.7. The first-order valence-corrected chi connectivity index (χ1v) is 5.84. The van der Waals surface area contributed by atoms with Gasteiger partial charge in [0, 0.05) is 11.3 Å². The van der Waals surface area contributed by atoms with Crippen LogP contribution in [0.25, 0.3) is 0 Å². The van der Waals surface area contributed by atoms with Crippen molar-refractivity contribution in [1.82, 2.24) is 10.6 Å². The molecule has 1 heterocycles. The van der Waals surface area contributed by atoms with Gasteiger partial charge in [0.05, 0.1) is 6.04 Å². The summed E-state index contributed by atoms with van der Waals surface area (Å²) < 4.78 is 0. The van der Waals surface area contributed by atoms with Gasteiger partial charge in [0.25, 0.3) is 0 Å². The lowest BCUT2D eigenvalue weighted by Crippen LogP contribution is -2.44. The highest BCUT2D eigenvalue weighted by Gasteiger charge is 2.27. The van der Waals surface area contributed by atoms with Gasteiger partial charge in [-0.15, -0.1) is 0 Å². The molecule has 0 aliphatic carbocycles. The number of benzene rings is 1. The Morgan fingerprint density at radius 3 is 2.53 bits per heavy atom. The first-order chi connectivity index (χ1) is 8.09. The van der Waals surface area contributed by atoms with Crippen molar-refractivity contribution in [3.05, 3.63) is 47.2 Å². The Kier molecular flexibility index (Phi) is 3.24. The van der Waals surface area contributed by atoms with Crippen LogP contribution in [0.2, 0.25) is 0 Å². The van der Waals surface area contributed by atoms with Gasteiger partial charge >= 0.3 is 0 Å². The van der Waals surface area contributed by atoms with E-state index >= 15 is 0 Å². The van der Waals surface area contributed by atoms with Crippen LogP contribution in [0.15, 0.2) is 41.6 Å². The number of carbonyl (C=O) groups excluding carboxylic acids is 1. The van der Waals surface area contributed by atoms with Crippen LogP contribution in [0.5, 0.6) is 0 Å². The zero-order valence-corrected chi connectivity index (χ0v) is 10.6. The summed E-state index contributed by atoms with van der Waals surface area (Å²) in [6, 6.07) is 9.68. The summed E-state index contributed by atoms with van der Waals surface area (Å²) in [6.45, 7) is 3.45. The Bertz CT molecular complexity index is 493. The van der Waals surface area contributed by atoms with Crippen molar-refractivity contribution in [2.24, 2.45) is 0 Å². The summed E-state index contributed by atoms with van der Waals surface area (Å²) in [6.07, 6.45) is 0. The van der Waals surface area contributed by atoms with Crippen molar-refractivity contribution in [2.45, 2.75) is 19.9 Å². The average Bonchev–Trinajstić information content (AvgIpc) is 2.28. The maximum Gasteiger partial charge on any atom is 0.171 e. The fraction of sp³-hybridized carbons (Fsp3) is 0.231. The lowest BCUT2D eigenvalue weighted by molar-refractivity contribution is -0.114. The maximum absolute atomic E-state index is 11.7. The molecular formula is C13H14N2OS. The molecule has 0 radical (unpaired) electrons. The van der Waals surface area contributed by atoms with Crippen LogP contribution in [0, 0.1) is 0 Å². The lowest BCUT2D eigenvalue weighted by atomic mass is 9.93. The minimum Gasteiger partial charge on any atom is -0.351 e. The fourth-order valence-corrected chi connectivity index (χ4v) is 2.33. The van der Waals surface area contributed by atoms with Gasteiger partial charge in [-0.2, -0.15) is 0 Å². The molecule has 0 aromatic heterocycles. The van der Waals surface area contributed by atoms with Gasteiger partial charge in [0.2, 0.25) is 0 Å². The third kappa shape index (κ3) is 2.36. The van der Waals surface area contributed by atoms with Crippen LogP contribution < -0.4 is 10.6 Å². The van der Waals surface area contributed by atoms with Crippen LogP contribution in [0.3, 0.4) is 0 Å². The quantitative estimate of drug-likeness (QED) is 0.784. The molecule has 4 heteroatoms. The standard InChI is InChI=1S/C13H14N2OS/c1-8-11(9(2)16)12(15-13(17)14-8)10-6-4-3-5-7-10/h3-7,12H,1-2H3,(H2,14,15,17)/t12-/m1/s1. The topological polar surface area (TPSA) is 41.1 Å². The van der Waals surface area contributed by atoms with E-state index in [1.807, 2.05) is 37.3 Å². The number of carbonyl (C=O) groups is 1. The lowest BCUT2D eigenvalue weighted by Gasteiger charge is -2.29. The first kappa shape index (κ1) is 11.8. The van der Waals surface area contributed by atoms with Crippen molar-refractivity contribution >= 4 is 23.1 Å². The normalized spacial score (nSPS) is 19.6. The average molecular weight is 246 g/mol. The summed E-state index contributed by atoms with van der Waals surface area (Å²) in [4.78, 5) is 11.7. The molecule has 0 spiro atoms. The van der Waals surface area contributed by atoms with E-state index in [9.17, 15) is 4.79 Å². The highest BCUT2D eigenvalue weighted by molar-refractivity contribution is 7.80. The van der Waals surface area contributed by atoms with Gasteiger partial charge < -0.3 is 10.6 Å². The third-order valence-corrected chi connectivity index (χ3v) is 3.00. The minimum atomic E-state index is -0.151. The molecule has 0 amide bonds. The van der Waals surface area contributed by atoms with Crippen molar-refractivity contribution in [3.8, 4) is 0 Å². The largest absolute Gasteiger partial charge is 0.351 e. The molecule has 1 aliphatic heterocycles. The van der Waals surface area contributed by atoms with Crippen LogP contribution in [0.1, 0.15) is 25.5 Å². The molecule has 0 saturated heterocycles. The Morgan fingerprint density at radius 2 is 1.94 bits per heavy atom. The smallest absolute Gasteiger partial charge is 0.171 e. The number of ketones is 1. The SMILES string of the molecule is CC(=O)C1=C(C)NC(=S)N[C@@H]1c1ccccc1. The molecule has 0 unspecified atom stereocenters. The molecule has 0 saturated carbocycles. The number of thiocarbonyl (C=S) groups is 1. The van der Waals surface area contributed by atoms with Crippen LogP contribution in [-0.2, 0) is 4.79 Å². The molecule has 1 aromatic rings. The zero-order chi connectivity index (χ0) is 12.4. The van der Waals surface area contributed by atoms with Crippen LogP contribution in [-0.4, -0.2) is 10.9 Å². The molecule has 1 aromatic carbocycles. The predicted octanol–water partition coefficient (Wildman–Crippen LogP) is 2.07. The Morgan fingerprint density at radius 1 is 1.29 bits per heavy atom. The van der Waals surface area contributed by atoms with E-state index in [0.717, 1.165) is 16.8 Å². The summed E-state index contributed by atoms with van der Waals surface area (Å²) in [5, 5.41) is 6.68. The van der Waals surface area contributed by atoms with Gasteiger partial charge in [-0.05, 0) is 31.6 Å². The second kappa shape index (κ2) is 4.67. The number of allylic oxidation sites excluding steroid dienone is 1. The van der Waals surface area contributed by atoms with Crippen LogP contribution >= 0.6 is 12.2 Å². The monoisotopic (exact) mass is 246 g/mol. The van der Waals surface area contributed by atoms with Crippen molar-refractivity contribution in [2.75, 3.05) is 0 Å². The molecule has 1 atom stereocenters. The van der Waals surface area contributed by atoms with Gasteiger partial charge in [-0.1, -0.05) is 30.3 Å². The Balaban J connectivity index is 2.47. The van der Waals surface area contributed by atoms with E-state index in [0.29, 0.717) is 5.11 Å². The first-order valence-electron chi connectivity index (χ1n) is 5.43. The second-order valence-corrected chi connectivity index (χ2v) is 4.45. The number of hydrogen-bond acceptors (Lipinski definition) is 2.